The van der Waals surface area contributed by atoms with Crippen LogP contribution in [0.4, 0.5) is 0 Å². The molecule has 0 unspecified atom stereocenters. The van der Waals surface area contributed by atoms with E-state index >= 15 is 0 Å². The Balaban J connectivity index is 2.09. The molecule has 0 aliphatic heterocycles. The second-order valence-corrected chi connectivity index (χ2v) is 6.91. The number of hydrogen-bond donors (Lipinski definition) is 0. The molecule has 158 valence electrons. The van der Waals surface area contributed by atoms with E-state index in [0.717, 1.165) is 22.3 Å². The summed E-state index contributed by atoms with van der Waals surface area (Å²) in [6.45, 7) is 1.88. The summed E-state index contributed by atoms with van der Waals surface area (Å²) >= 11 is 0. The molecular weight excluding hydrogens is 394 g/mol. The van der Waals surface area contributed by atoms with E-state index in [2.05, 4.69) is 27.6 Å². The fourth-order valence-electron chi connectivity index (χ4n) is 3.39. The van der Waals surface area contributed by atoms with E-state index in [1.165, 1.54) is 19.0 Å². The first-order valence-corrected chi connectivity index (χ1v) is 9.67. The molecule has 0 bridgehead atoms. The molecule has 1 aromatic heterocycles. The molecule has 0 fully saturated rings. The third kappa shape index (κ3) is 4.95. The summed E-state index contributed by atoms with van der Waals surface area (Å²) in [4.78, 5) is 13.8. The number of rotatable bonds is 7. The molecule has 3 rings (SSSR count). The fourth-order valence-corrected chi connectivity index (χ4v) is 3.39. The van der Waals surface area contributed by atoms with Gasteiger partial charge in [-0.1, -0.05) is 18.2 Å². The minimum absolute atomic E-state index is 0.345. The van der Waals surface area contributed by atoms with Crippen molar-refractivity contribution in [3.8, 4) is 11.8 Å². The average Bonchev–Trinajstić information content (AvgIpc) is 3.20. The number of esters is 1. The minimum atomic E-state index is -0.476. The van der Waals surface area contributed by atoms with Crippen LogP contribution >= 0.6 is 0 Å². The maximum absolute atomic E-state index is 12.4. The number of benzene rings is 2. The Kier molecular flexibility index (Phi) is 6.78. The molecule has 0 atom stereocenters. The summed E-state index contributed by atoms with van der Waals surface area (Å²) in [7, 11) is 4.58. The molecule has 0 N–H and O–H groups in total. The van der Waals surface area contributed by atoms with Crippen LogP contribution < -0.4 is 4.74 Å². The Hall–Kier alpha value is -3.99. The molecule has 0 saturated carbocycles. The molecule has 3 aromatic rings. The van der Waals surface area contributed by atoms with Gasteiger partial charge in [0.25, 0.3) is 0 Å². The van der Waals surface area contributed by atoms with E-state index < -0.39 is 5.97 Å². The number of carbonyl (C=O) groups is 1. The summed E-state index contributed by atoms with van der Waals surface area (Å²) in [5, 5.41) is 21.4. The number of carbonyl (C=O) groups excluding carboxylic acids is 1. The first-order valence-electron chi connectivity index (χ1n) is 9.67. The second-order valence-electron chi connectivity index (χ2n) is 6.91. The van der Waals surface area contributed by atoms with E-state index in [9.17, 15) is 10.1 Å². The zero-order valence-electron chi connectivity index (χ0n) is 17.9. The molecule has 0 saturated heterocycles. The number of aromatic nitrogens is 4. The molecule has 31 heavy (non-hydrogen) atoms. The van der Waals surface area contributed by atoms with Crippen LogP contribution in [-0.2, 0) is 18.2 Å². The maximum atomic E-state index is 12.4. The Labute approximate surface area is 180 Å². The van der Waals surface area contributed by atoms with Crippen LogP contribution in [0.1, 0.15) is 44.9 Å². The molecule has 8 heteroatoms. The number of ether oxygens (including phenoxy) is 2. The van der Waals surface area contributed by atoms with Gasteiger partial charge in [0.1, 0.15) is 11.3 Å². The molecule has 8 nitrogen and oxygen atoms in total. The first kappa shape index (κ1) is 21.7. The van der Waals surface area contributed by atoms with Crippen molar-refractivity contribution < 1.29 is 14.3 Å². The Morgan fingerprint density at radius 3 is 2.68 bits per heavy atom. The zero-order chi connectivity index (χ0) is 22.4. The lowest BCUT2D eigenvalue weighted by atomic mass is 9.92. The second kappa shape index (κ2) is 9.67. The number of methoxy groups -OCH3 is 2. The Bertz CT molecular complexity index is 1170. The van der Waals surface area contributed by atoms with E-state index in [1.54, 1.807) is 19.2 Å². The molecular formula is C23H23N5O3. The average molecular weight is 417 g/mol. The van der Waals surface area contributed by atoms with Crippen LogP contribution in [0.2, 0.25) is 0 Å². The van der Waals surface area contributed by atoms with Crippen molar-refractivity contribution in [2.24, 2.45) is 7.05 Å². The standard InChI is InChI=1S/C23H23N5O3/c1-15-11-18(13-20(22(15)30-3)23(29)31-4)19(17-8-5-7-16(12-17)14-24)9-6-10-21-25-27-28(2)26-21/h5,7-9,11-13H,6,10H2,1-4H3/b19-9-. The minimum Gasteiger partial charge on any atom is -0.496 e. The van der Waals surface area contributed by atoms with E-state index in [-0.39, 0.29) is 0 Å². The highest BCUT2D eigenvalue weighted by Gasteiger charge is 2.18. The van der Waals surface area contributed by atoms with Crippen molar-refractivity contribution in [3.05, 3.63) is 76.1 Å². The molecule has 0 aliphatic carbocycles. The number of aryl methyl sites for hydroxylation is 3. The molecule has 0 spiro atoms. The highest BCUT2D eigenvalue weighted by molar-refractivity contribution is 5.95. The van der Waals surface area contributed by atoms with Crippen LogP contribution in [0.15, 0.2) is 42.5 Å². The van der Waals surface area contributed by atoms with Gasteiger partial charge < -0.3 is 9.47 Å². The van der Waals surface area contributed by atoms with Gasteiger partial charge in [-0.2, -0.15) is 10.1 Å². The van der Waals surface area contributed by atoms with Crippen LogP contribution in [0.5, 0.6) is 5.75 Å². The van der Waals surface area contributed by atoms with Gasteiger partial charge in [-0.15, -0.1) is 10.2 Å². The van der Waals surface area contributed by atoms with Crippen molar-refractivity contribution in [1.82, 2.24) is 20.2 Å². The number of nitrogens with zero attached hydrogens (tertiary/aromatic N) is 5. The van der Waals surface area contributed by atoms with Crippen LogP contribution in [0.25, 0.3) is 5.57 Å². The summed E-state index contributed by atoms with van der Waals surface area (Å²) in [6.07, 6.45) is 3.31. The summed E-state index contributed by atoms with van der Waals surface area (Å²) in [6, 6.07) is 13.2. The first-order chi connectivity index (χ1) is 15.0. The zero-order valence-corrected chi connectivity index (χ0v) is 17.9. The maximum Gasteiger partial charge on any atom is 0.341 e. The largest absolute Gasteiger partial charge is 0.496 e. The number of tetrazole rings is 1. The fraction of sp³-hybridized carbons (Fsp3) is 0.261. The third-order valence-corrected chi connectivity index (χ3v) is 4.76. The van der Waals surface area contributed by atoms with Crippen LogP contribution in [0.3, 0.4) is 0 Å². The van der Waals surface area contributed by atoms with Gasteiger partial charge in [-0.25, -0.2) is 4.79 Å². The lowest BCUT2D eigenvalue weighted by Gasteiger charge is -2.15. The van der Waals surface area contributed by atoms with E-state index in [0.29, 0.717) is 35.5 Å². The Morgan fingerprint density at radius 2 is 2.03 bits per heavy atom. The van der Waals surface area contributed by atoms with Crippen LogP contribution in [0, 0.1) is 18.3 Å². The van der Waals surface area contributed by atoms with Gasteiger partial charge >= 0.3 is 5.97 Å². The Morgan fingerprint density at radius 1 is 1.23 bits per heavy atom. The van der Waals surface area contributed by atoms with Crippen LogP contribution in [-0.4, -0.2) is 40.4 Å². The highest BCUT2D eigenvalue weighted by Crippen LogP contribution is 2.32. The molecule has 1 heterocycles. The normalized spacial score (nSPS) is 11.1. The summed E-state index contributed by atoms with van der Waals surface area (Å²) in [5.41, 5.74) is 4.28. The van der Waals surface area contributed by atoms with Gasteiger partial charge in [0.05, 0.1) is 32.9 Å². The number of allylic oxidation sites excluding steroid dienone is 1. The van der Waals surface area contributed by atoms with Gasteiger partial charge in [0.15, 0.2) is 5.82 Å². The molecule has 2 aromatic carbocycles. The lowest BCUT2D eigenvalue weighted by molar-refractivity contribution is 0.0597. The smallest absolute Gasteiger partial charge is 0.341 e. The third-order valence-electron chi connectivity index (χ3n) is 4.76. The van der Waals surface area contributed by atoms with Crippen molar-refractivity contribution in [2.45, 2.75) is 19.8 Å². The van der Waals surface area contributed by atoms with Crippen molar-refractivity contribution >= 4 is 11.5 Å². The van der Waals surface area contributed by atoms with Crippen molar-refractivity contribution in [1.29, 1.82) is 5.26 Å². The quantitative estimate of drug-likeness (QED) is 0.544. The predicted octanol–water partition coefficient (Wildman–Crippen LogP) is 3.25. The van der Waals surface area contributed by atoms with Gasteiger partial charge in [-0.05, 0) is 65.1 Å². The summed E-state index contributed by atoms with van der Waals surface area (Å²) in [5.74, 6) is 0.644. The molecule has 0 amide bonds. The van der Waals surface area contributed by atoms with Crippen molar-refractivity contribution in [2.75, 3.05) is 14.2 Å². The van der Waals surface area contributed by atoms with E-state index in [4.69, 9.17) is 9.47 Å². The molecule has 0 radical (unpaired) electrons. The van der Waals surface area contributed by atoms with Gasteiger partial charge in [0.2, 0.25) is 0 Å². The SMILES string of the molecule is COC(=O)c1cc(/C(=C\CCc2nnn(C)n2)c2cccc(C#N)c2)cc(C)c1OC. The highest BCUT2D eigenvalue weighted by atomic mass is 16.5. The number of nitriles is 1. The van der Waals surface area contributed by atoms with Crippen molar-refractivity contribution in [3.63, 3.8) is 0 Å². The monoisotopic (exact) mass is 417 g/mol. The van der Waals surface area contributed by atoms with Gasteiger partial charge in [0, 0.05) is 6.42 Å². The lowest BCUT2D eigenvalue weighted by Crippen LogP contribution is -2.07. The van der Waals surface area contributed by atoms with Gasteiger partial charge in [-0.3, -0.25) is 0 Å². The molecule has 0 aliphatic rings. The number of hydrogen-bond acceptors (Lipinski definition) is 7. The topological polar surface area (TPSA) is 103 Å². The summed E-state index contributed by atoms with van der Waals surface area (Å²) < 4.78 is 10.4. The van der Waals surface area contributed by atoms with E-state index in [1.807, 2.05) is 31.2 Å². The predicted molar refractivity (Wildman–Crippen MR) is 114 cm³/mol.